The molecule has 0 aromatic carbocycles. The molecule has 3 nitrogen and oxygen atoms in total. The van der Waals surface area contributed by atoms with Crippen LogP contribution in [0.1, 0.15) is 21.3 Å². The van der Waals surface area contributed by atoms with Gasteiger partial charge in [0.2, 0.25) is 5.78 Å². The van der Waals surface area contributed by atoms with Crippen molar-refractivity contribution >= 4 is 33.0 Å². The predicted octanol–water partition coefficient (Wildman–Crippen LogP) is 3.04. The fourth-order valence-electron chi connectivity index (χ4n) is 1.04. The SMILES string of the molecule is Cc1nc(C(=O)c2occc2Br)cs1. The van der Waals surface area contributed by atoms with Crippen molar-refractivity contribution in [1.82, 2.24) is 4.98 Å². The number of nitrogens with zero attached hydrogens (tertiary/aromatic N) is 1. The second-order valence-corrected chi connectivity index (χ2v) is 4.60. The van der Waals surface area contributed by atoms with Gasteiger partial charge in [0.1, 0.15) is 5.69 Å². The smallest absolute Gasteiger partial charge is 0.248 e. The molecule has 0 aliphatic heterocycles. The number of ketones is 1. The third kappa shape index (κ3) is 1.65. The Hall–Kier alpha value is -0.940. The van der Waals surface area contributed by atoms with Crippen LogP contribution in [0.15, 0.2) is 26.6 Å². The highest BCUT2D eigenvalue weighted by molar-refractivity contribution is 9.10. The van der Waals surface area contributed by atoms with Gasteiger partial charge in [0.05, 0.1) is 15.7 Å². The number of carbonyl (C=O) groups is 1. The molecule has 2 rings (SSSR count). The van der Waals surface area contributed by atoms with E-state index in [2.05, 4.69) is 20.9 Å². The average molecular weight is 272 g/mol. The van der Waals surface area contributed by atoms with E-state index in [1.165, 1.54) is 17.6 Å². The summed E-state index contributed by atoms with van der Waals surface area (Å²) >= 11 is 4.68. The Kier molecular flexibility index (Phi) is 2.52. The van der Waals surface area contributed by atoms with E-state index < -0.39 is 0 Å². The molecule has 0 radical (unpaired) electrons. The number of aromatic nitrogens is 1. The number of carbonyl (C=O) groups excluding carboxylic acids is 1. The number of rotatable bonds is 2. The molecule has 0 aliphatic rings. The van der Waals surface area contributed by atoms with Crippen LogP contribution in [0, 0.1) is 6.92 Å². The first-order valence-corrected chi connectivity index (χ1v) is 5.55. The third-order valence-electron chi connectivity index (χ3n) is 1.68. The molecule has 0 saturated carbocycles. The predicted molar refractivity (Wildman–Crippen MR) is 56.7 cm³/mol. The molecule has 2 aromatic heterocycles. The van der Waals surface area contributed by atoms with Gasteiger partial charge in [-0.05, 0) is 28.9 Å². The molecular formula is C9H6BrNO2S. The minimum Gasteiger partial charge on any atom is -0.460 e. The Morgan fingerprint density at radius 2 is 2.43 bits per heavy atom. The van der Waals surface area contributed by atoms with Crippen molar-refractivity contribution in [3.8, 4) is 0 Å². The number of furan rings is 1. The molecule has 2 heterocycles. The number of thiazole rings is 1. The first-order chi connectivity index (χ1) is 6.68. The summed E-state index contributed by atoms with van der Waals surface area (Å²) in [4.78, 5) is 15.9. The molecule has 0 bridgehead atoms. The Balaban J connectivity index is 2.38. The topological polar surface area (TPSA) is 43.1 Å². The minimum atomic E-state index is -0.189. The van der Waals surface area contributed by atoms with Crippen LogP contribution >= 0.6 is 27.3 Å². The molecule has 0 N–H and O–H groups in total. The van der Waals surface area contributed by atoms with Crippen LogP contribution in [0.5, 0.6) is 0 Å². The van der Waals surface area contributed by atoms with Crippen LogP contribution in [0.3, 0.4) is 0 Å². The van der Waals surface area contributed by atoms with Gasteiger partial charge in [-0.3, -0.25) is 4.79 Å². The van der Waals surface area contributed by atoms with Crippen molar-refractivity contribution in [2.45, 2.75) is 6.92 Å². The molecule has 0 fully saturated rings. The number of hydrogen-bond acceptors (Lipinski definition) is 4. The first-order valence-electron chi connectivity index (χ1n) is 3.88. The lowest BCUT2D eigenvalue weighted by molar-refractivity contribution is 0.100. The van der Waals surface area contributed by atoms with Gasteiger partial charge in [-0.1, -0.05) is 0 Å². The van der Waals surface area contributed by atoms with E-state index in [4.69, 9.17) is 4.42 Å². The van der Waals surface area contributed by atoms with Crippen molar-refractivity contribution < 1.29 is 9.21 Å². The number of halogens is 1. The van der Waals surface area contributed by atoms with Crippen molar-refractivity contribution in [3.63, 3.8) is 0 Å². The van der Waals surface area contributed by atoms with E-state index in [0.29, 0.717) is 15.9 Å². The molecule has 0 amide bonds. The summed E-state index contributed by atoms with van der Waals surface area (Å²) in [5, 5.41) is 2.60. The van der Waals surface area contributed by atoms with Gasteiger partial charge in [-0.25, -0.2) is 4.98 Å². The third-order valence-corrected chi connectivity index (χ3v) is 3.07. The van der Waals surface area contributed by atoms with Gasteiger partial charge in [0.25, 0.3) is 0 Å². The van der Waals surface area contributed by atoms with E-state index in [1.807, 2.05) is 6.92 Å². The first kappa shape index (κ1) is 9.61. The highest BCUT2D eigenvalue weighted by atomic mass is 79.9. The summed E-state index contributed by atoms with van der Waals surface area (Å²) in [6.45, 7) is 1.86. The fourth-order valence-corrected chi connectivity index (χ4v) is 2.01. The van der Waals surface area contributed by atoms with E-state index in [0.717, 1.165) is 5.01 Å². The minimum absolute atomic E-state index is 0.189. The zero-order chi connectivity index (χ0) is 10.1. The van der Waals surface area contributed by atoms with Crippen LogP contribution in [0.2, 0.25) is 0 Å². The van der Waals surface area contributed by atoms with Crippen LogP contribution in [-0.2, 0) is 0 Å². The largest absolute Gasteiger partial charge is 0.460 e. The fraction of sp³-hybridized carbons (Fsp3) is 0.111. The second kappa shape index (κ2) is 3.67. The Labute approximate surface area is 92.9 Å². The van der Waals surface area contributed by atoms with Crippen molar-refractivity contribution in [1.29, 1.82) is 0 Å². The van der Waals surface area contributed by atoms with Gasteiger partial charge >= 0.3 is 0 Å². The maximum atomic E-state index is 11.8. The standard InChI is InChI=1S/C9H6BrNO2S/c1-5-11-7(4-14-5)8(12)9-6(10)2-3-13-9/h2-4H,1H3. The normalized spacial score (nSPS) is 10.4. The lowest BCUT2D eigenvalue weighted by Gasteiger charge is -1.92. The van der Waals surface area contributed by atoms with Crippen LogP contribution in [0.4, 0.5) is 0 Å². The monoisotopic (exact) mass is 271 g/mol. The number of aryl methyl sites for hydroxylation is 1. The van der Waals surface area contributed by atoms with Crippen LogP contribution < -0.4 is 0 Å². The second-order valence-electron chi connectivity index (χ2n) is 2.68. The van der Waals surface area contributed by atoms with Crippen LogP contribution in [-0.4, -0.2) is 10.8 Å². The highest BCUT2D eigenvalue weighted by Crippen LogP contribution is 2.21. The molecule has 14 heavy (non-hydrogen) atoms. The Bertz CT molecular complexity index is 475. The van der Waals surface area contributed by atoms with Gasteiger partial charge in [-0.15, -0.1) is 11.3 Å². The van der Waals surface area contributed by atoms with Gasteiger partial charge in [0.15, 0.2) is 5.76 Å². The summed E-state index contributed by atoms with van der Waals surface area (Å²) < 4.78 is 5.72. The average Bonchev–Trinajstić information content (AvgIpc) is 2.73. The quantitative estimate of drug-likeness (QED) is 0.789. The molecule has 0 spiro atoms. The molecule has 0 saturated heterocycles. The summed E-state index contributed by atoms with van der Waals surface area (Å²) in [6, 6.07) is 1.69. The molecule has 0 unspecified atom stereocenters. The Morgan fingerprint density at radius 1 is 1.64 bits per heavy atom. The lowest BCUT2D eigenvalue weighted by Crippen LogP contribution is -2.00. The van der Waals surface area contributed by atoms with E-state index >= 15 is 0 Å². The zero-order valence-electron chi connectivity index (χ0n) is 7.28. The summed E-state index contributed by atoms with van der Waals surface area (Å²) in [7, 11) is 0. The highest BCUT2D eigenvalue weighted by Gasteiger charge is 2.18. The van der Waals surface area contributed by atoms with E-state index in [1.54, 1.807) is 11.4 Å². The summed E-state index contributed by atoms with van der Waals surface area (Å²) in [5.74, 6) is 0.113. The maximum Gasteiger partial charge on any atom is 0.248 e. The van der Waals surface area contributed by atoms with E-state index in [-0.39, 0.29) is 5.78 Å². The molecule has 72 valence electrons. The number of hydrogen-bond donors (Lipinski definition) is 0. The van der Waals surface area contributed by atoms with Crippen molar-refractivity contribution in [2.24, 2.45) is 0 Å². The summed E-state index contributed by atoms with van der Waals surface area (Å²) in [6.07, 6.45) is 1.47. The molecule has 5 heteroatoms. The molecular weight excluding hydrogens is 266 g/mol. The maximum absolute atomic E-state index is 11.8. The van der Waals surface area contributed by atoms with Gasteiger partial charge in [-0.2, -0.15) is 0 Å². The lowest BCUT2D eigenvalue weighted by atomic mass is 10.2. The van der Waals surface area contributed by atoms with Crippen LogP contribution in [0.25, 0.3) is 0 Å². The van der Waals surface area contributed by atoms with Gasteiger partial charge in [0, 0.05) is 5.38 Å². The van der Waals surface area contributed by atoms with E-state index in [9.17, 15) is 4.79 Å². The molecule has 0 aliphatic carbocycles. The van der Waals surface area contributed by atoms with Crippen molar-refractivity contribution in [3.05, 3.63) is 38.6 Å². The molecule has 2 aromatic rings. The molecule has 0 atom stereocenters. The zero-order valence-corrected chi connectivity index (χ0v) is 9.68. The Morgan fingerprint density at radius 3 is 2.93 bits per heavy atom. The van der Waals surface area contributed by atoms with Gasteiger partial charge < -0.3 is 4.42 Å². The van der Waals surface area contributed by atoms with Crippen molar-refractivity contribution in [2.75, 3.05) is 0 Å². The summed E-state index contributed by atoms with van der Waals surface area (Å²) in [5.41, 5.74) is 0.433.